The Bertz CT molecular complexity index is 880. The summed E-state index contributed by atoms with van der Waals surface area (Å²) in [4.78, 5) is 25.3. The Labute approximate surface area is 183 Å². The summed E-state index contributed by atoms with van der Waals surface area (Å²) in [5.74, 6) is 0.740. The van der Waals surface area contributed by atoms with Crippen LogP contribution in [0.3, 0.4) is 0 Å². The number of nitrogens with one attached hydrogen (secondary N) is 2. The molecular weight excluding hydrogens is 402 g/mol. The van der Waals surface area contributed by atoms with E-state index in [1.54, 1.807) is 24.3 Å². The molecule has 160 valence electrons. The third-order valence-electron chi connectivity index (χ3n) is 5.86. The van der Waals surface area contributed by atoms with E-state index >= 15 is 0 Å². The molecule has 1 saturated carbocycles. The van der Waals surface area contributed by atoms with Gasteiger partial charge in [-0.3, -0.25) is 9.59 Å². The van der Waals surface area contributed by atoms with Gasteiger partial charge in [0.1, 0.15) is 5.75 Å². The lowest BCUT2D eigenvalue weighted by Gasteiger charge is -2.31. The van der Waals surface area contributed by atoms with E-state index in [4.69, 9.17) is 10.5 Å². The summed E-state index contributed by atoms with van der Waals surface area (Å²) in [6, 6.07) is 14.8. The fraction of sp³-hybridized carbons (Fsp3) is 0.391. The van der Waals surface area contributed by atoms with Crippen molar-refractivity contribution in [2.75, 3.05) is 11.9 Å². The summed E-state index contributed by atoms with van der Waals surface area (Å²) in [6.45, 7) is 0.588. The van der Waals surface area contributed by atoms with Crippen LogP contribution in [0.5, 0.6) is 5.75 Å². The molecule has 3 atom stereocenters. The van der Waals surface area contributed by atoms with Gasteiger partial charge in [0.15, 0.2) is 6.10 Å². The summed E-state index contributed by atoms with van der Waals surface area (Å²) in [5.41, 5.74) is 8.01. The highest BCUT2D eigenvalue weighted by Crippen LogP contribution is 2.29. The van der Waals surface area contributed by atoms with Crippen molar-refractivity contribution in [3.8, 4) is 5.75 Å². The Hall–Kier alpha value is -2.57. The zero-order valence-electron chi connectivity index (χ0n) is 16.8. The molecule has 1 fully saturated rings. The molecule has 1 aliphatic heterocycles. The Balaban J connectivity index is 0.00000256. The fourth-order valence-corrected chi connectivity index (χ4v) is 4.22. The van der Waals surface area contributed by atoms with Crippen LogP contribution in [0.4, 0.5) is 5.69 Å². The zero-order chi connectivity index (χ0) is 20.2. The van der Waals surface area contributed by atoms with E-state index in [1.165, 1.54) is 6.42 Å². The molecule has 0 aromatic heterocycles. The van der Waals surface area contributed by atoms with Crippen LogP contribution in [0.25, 0.3) is 0 Å². The first-order valence-electron chi connectivity index (χ1n) is 10.3. The number of hydrogen-bond acceptors (Lipinski definition) is 4. The van der Waals surface area contributed by atoms with Gasteiger partial charge in [-0.1, -0.05) is 37.1 Å². The number of fused-ring (bicyclic) bond motifs is 1. The molecule has 30 heavy (non-hydrogen) atoms. The predicted molar refractivity (Wildman–Crippen MR) is 119 cm³/mol. The van der Waals surface area contributed by atoms with Gasteiger partial charge < -0.3 is 21.1 Å². The number of halogens is 1. The second-order valence-electron chi connectivity index (χ2n) is 7.85. The van der Waals surface area contributed by atoms with Crippen LogP contribution in [0.2, 0.25) is 0 Å². The average molecular weight is 430 g/mol. The van der Waals surface area contributed by atoms with Crippen LogP contribution in [-0.4, -0.2) is 30.5 Å². The van der Waals surface area contributed by atoms with Crippen LogP contribution in [0.15, 0.2) is 48.5 Å². The summed E-state index contributed by atoms with van der Waals surface area (Å²) in [5, 5.41) is 6.00. The third-order valence-corrected chi connectivity index (χ3v) is 5.86. The minimum atomic E-state index is -0.558. The smallest absolute Gasteiger partial charge is 0.265 e. The molecule has 6 nitrogen and oxygen atoms in total. The number of rotatable bonds is 5. The molecule has 3 unspecified atom stereocenters. The highest BCUT2D eigenvalue weighted by atomic mass is 35.5. The molecule has 0 radical (unpaired) electrons. The van der Waals surface area contributed by atoms with Crippen molar-refractivity contribution >= 4 is 29.9 Å². The lowest BCUT2D eigenvalue weighted by Crippen LogP contribution is -2.44. The van der Waals surface area contributed by atoms with Gasteiger partial charge in [0.05, 0.1) is 0 Å². The maximum Gasteiger partial charge on any atom is 0.265 e. The number of benzene rings is 2. The summed E-state index contributed by atoms with van der Waals surface area (Å²) < 4.78 is 5.74. The standard InChI is InChI=1S/C23H27N3O3.ClH/c24-14-17-7-1-3-10-19(17)26-22(27)16-8-5-9-18(12-16)25-23(28)21-13-15-6-2-4-11-20(15)29-21;/h2,4-6,8-9,11-12,17,19,21H,1,3,7,10,13-14,24H2,(H,25,28)(H,26,27);1H. The van der Waals surface area contributed by atoms with Crippen molar-refractivity contribution < 1.29 is 14.3 Å². The molecule has 2 aliphatic rings. The van der Waals surface area contributed by atoms with Crippen molar-refractivity contribution in [3.63, 3.8) is 0 Å². The monoisotopic (exact) mass is 429 g/mol. The Morgan fingerprint density at radius 3 is 2.67 bits per heavy atom. The molecule has 1 aliphatic carbocycles. The molecule has 2 aromatic rings. The maximum absolute atomic E-state index is 12.7. The van der Waals surface area contributed by atoms with Gasteiger partial charge in [-0.15, -0.1) is 12.4 Å². The minimum absolute atomic E-state index is 0. The molecule has 4 rings (SSSR count). The van der Waals surface area contributed by atoms with Crippen LogP contribution < -0.4 is 21.1 Å². The first-order chi connectivity index (χ1) is 14.1. The molecule has 0 saturated heterocycles. The van der Waals surface area contributed by atoms with Gasteiger partial charge in [-0.25, -0.2) is 0 Å². The number of carbonyl (C=O) groups excluding carboxylic acids is 2. The van der Waals surface area contributed by atoms with Crippen molar-refractivity contribution in [3.05, 3.63) is 59.7 Å². The minimum Gasteiger partial charge on any atom is -0.480 e. The molecule has 7 heteroatoms. The van der Waals surface area contributed by atoms with E-state index < -0.39 is 6.10 Å². The molecule has 4 N–H and O–H groups in total. The Kier molecular flexibility index (Phi) is 7.34. The number of para-hydroxylation sites is 1. The van der Waals surface area contributed by atoms with Crippen molar-refractivity contribution in [1.29, 1.82) is 0 Å². The summed E-state index contributed by atoms with van der Waals surface area (Å²) >= 11 is 0. The quantitative estimate of drug-likeness (QED) is 0.679. The second kappa shape index (κ2) is 9.96. The fourth-order valence-electron chi connectivity index (χ4n) is 4.22. The van der Waals surface area contributed by atoms with E-state index in [0.717, 1.165) is 30.6 Å². The van der Waals surface area contributed by atoms with Gasteiger partial charge >= 0.3 is 0 Å². The zero-order valence-corrected chi connectivity index (χ0v) is 17.6. The highest BCUT2D eigenvalue weighted by molar-refractivity contribution is 5.98. The molecule has 0 spiro atoms. The second-order valence-corrected chi connectivity index (χ2v) is 7.85. The molecule has 2 amide bonds. The van der Waals surface area contributed by atoms with Crippen molar-refractivity contribution in [1.82, 2.24) is 5.32 Å². The van der Waals surface area contributed by atoms with Crippen LogP contribution >= 0.6 is 12.4 Å². The van der Waals surface area contributed by atoms with E-state index in [1.807, 2.05) is 24.3 Å². The number of amides is 2. The van der Waals surface area contributed by atoms with Gasteiger partial charge in [0.2, 0.25) is 0 Å². The van der Waals surface area contributed by atoms with Gasteiger partial charge in [0, 0.05) is 23.7 Å². The van der Waals surface area contributed by atoms with E-state index in [9.17, 15) is 9.59 Å². The number of hydrogen-bond donors (Lipinski definition) is 3. The van der Waals surface area contributed by atoms with Gasteiger partial charge in [0.25, 0.3) is 11.8 Å². The van der Waals surface area contributed by atoms with Gasteiger partial charge in [-0.05, 0) is 55.1 Å². The van der Waals surface area contributed by atoms with Crippen LogP contribution in [-0.2, 0) is 11.2 Å². The lowest BCUT2D eigenvalue weighted by molar-refractivity contribution is -0.122. The normalized spacial score (nSPS) is 22.2. The van der Waals surface area contributed by atoms with E-state index in [2.05, 4.69) is 10.6 Å². The predicted octanol–water partition coefficient (Wildman–Crippen LogP) is 3.30. The first-order valence-corrected chi connectivity index (χ1v) is 10.3. The molecule has 2 aromatic carbocycles. The summed E-state index contributed by atoms with van der Waals surface area (Å²) in [6.07, 6.45) is 4.29. The van der Waals surface area contributed by atoms with E-state index in [0.29, 0.717) is 30.1 Å². The van der Waals surface area contributed by atoms with Crippen LogP contribution in [0.1, 0.15) is 41.6 Å². The molecular formula is C23H28ClN3O3. The topological polar surface area (TPSA) is 93.5 Å². The lowest BCUT2D eigenvalue weighted by atomic mass is 9.84. The Morgan fingerprint density at radius 1 is 1.07 bits per heavy atom. The van der Waals surface area contributed by atoms with Crippen molar-refractivity contribution in [2.24, 2.45) is 11.7 Å². The number of nitrogens with two attached hydrogens (primary N) is 1. The molecule has 0 bridgehead atoms. The van der Waals surface area contributed by atoms with Crippen molar-refractivity contribution in [2.45, 2.75) is 44.2 Å². The maximum atomic E-state index is 12.7. The highest BCUT2D eigenvalue weighted by Gasteiger charge is 2.29. The third kappa shape index (κ3) is 4.94. The summed E-state index contributed by atoms with van der Waals surface area (Å²) in [7, 11) is 0. The van der Waals surface area contributed by atoms with E-state index in [-0.39, 0.29) is 30.3 Å². The number of anilines is 1. The Morgan fingerprint density at radius 2 is 1.87 bits per heavy atom. The largest absolute Gasteiger partial charge is 0.480 e. The SMILES string of the molecule is Cl.NCC1CCCCC1NC(=O)c1cccc(NC(=O)C2Cc3ccccc3O2)c1. The van der Waals surface area contributed by atoms with Crippen LogP contribution in [0, 0.1) is 5.92 Å². The first kappa shape index (κ1) is 22.1. The molecule has 1 heterocycles. The average Bonchev–Trinajstić information content (AvgIpc) is 3.19. The van der Waals surface area contributed by atoms with Gasteiger partial charge in [-0.2, -0.15) is 0 Å². The number of ether oxygens (including phenoxy) is 1. The number of carbonyl (C=O) groups is 2.